The molecule has 0 heterocycles. The van der Waals surface area contributed by atoms with Crippen LogP contribution in [-0.4, -0.2) is 18.2 Å². The number of carbonyl (C=O) groups excluding carboxylic acids is 1. The average Bonchev–Trinajstić information content (AvgIpc) is 2.16. The Morgan fingerprint density at radius 2 is 2.23 bits per heavy atom. The highest BCUT2D eigenvalue weighted by Crippen LogP contribution is 2.23. The zero-order chi connectivity index (χ0) is 9.84. The third kappa shape index (κ3) is 2.54. The van der Waals surface area contributed by atoms with Gasteiger partial charge in [-0.2, -0.15) is 0 Å². The SMILES string of the molecule is COc1ccc(C(=O)CBr)c(Br)c1. The molecule has 1 rings (SSSR count). The van der Waals surface area contributed by atoms with Gasteiger partial charge in [-0.25, -0.2) is 0 Å². The van der Waals surface area contributed by atoms with Gasteiger partial charge in [0.05, 0.1) is 12.4 Å². The monoisotopic (exact) mass is 306 g/mol. The maximum atomic E-state index is 11.3. The molecule has 0 unspecified atom stereocenters. The van der Waals surface area contributed by atoms with Crippen LogP contribution in [0.5, 0.6) is 5.75 Å². The minimum Gasteiger partial charge on any atom is -0.497 e. The third-order valence-corrected chi connectivity index (χ3v) is 2.76. The molecule has 13 heavy (non-hydrogen) atoms. The molecule has 70 valence electrons. The minimum absolute atomic E-state index is 0.0505. The van der Waals surface area contributed by atoms with Crippen LogP contribution in [0.4, 0.5) is 0 Å². The summed E-state index contributed by atoms with van der Waals surface area (Å²) in [5, 5.41) is 0.331. The van der Waals surface area contributed by atoms with Crippen molar-refractivity contribution in [3.63, 3.8) is 0 Å². The predicted molar refractivity (Wildman–Crippen MR) is 58.8 cm³/mol. The van der Waals surface area contributed by atoms with E-state index < -0.39 is 0 Å². The van der Waals surface area contributed by atoms with Gasteiger partial charge in [0.15, 0.2) is 5.78 Å². The van der Waals surface area contributed by atoms with Crippen LogP contribution in [0.1, 0.15) is 10.4 Å². The van der Waals surface area contributed by atoms with Gasteiger partial charge in [-0.1, -0.05) is 15.9 Å². The molecule has 0 atom stereocenters. The fourth-order valence-electron chi connectivity index (χ4n) is 0.921. The Morgan fingerprint density at radius 3 is 2.69 bits per heavy atom. The molecule has 0 bridgehead atoms. The van der Waals surface area contributed by atoms with Gasteiger partial charge >= 0.3 is 0 Å². The predicted octanol–water partition coefficient (Wildman–Crippen LogP) is 3.04. The average molecular weight is 308 g/mol. The van der Waals surface area contributed by atoms with Crippen molar-refractivity contribution in [2.75, 3.05) is 12.4 Å². The van der Waals surface area contributed by atoms with Crippen LogP contribution in [0.25, 0.3) is 0 Å². The lowest BCUT2D eigenvalue weighted by atomic mass is 10.1. The number of hydrogen-bond acceptors (Lipinski definition) is 2. The summed E-state index contributed by atoms with van der Waals surface area (Å²) in [4.78, 5) is 11.3. The Bertz CT molecular complexity index is 323. The van der Waals surface area contributed by atoms with Crippen LogP contribution in [0.2, 0.25) is 0 Å². The lowest BCUT2D eigenvalue weighted by molar-refractivity contribution is 0.102. The molecule has 0 N–H and O–H groups in total. The Kier molecular flexibility index (Phi) is 3.93. The normalized spacial score (nSPS) is 9.77. The maximum Gasteiger partial charge on any atom is 0.174 e. The van der Waals surface area contributed by atoms with Crippen molar-refractivity contribution >= 4 is 37.6 Å². The number of carbonyl (C=O) groups is 1. The van der Waals surface area contributed by atoms with E-state index in [1.54, 1.807) is 25.3 Å². The van der Waals surface area contributed by atoms with Gasteiger partial charge in [-0.05, 0) is 34.1 Å². The van der Waals surface area contributed by atoms with Crippen molar-refractivity contribution < 1.29 is 9.53 Å². The first kappa shape index (κ1) is 10.7. The van der Waals surface area contributed by atoms with Gasteiger partial charge in [-0.3, -0.25) is 4.79 Å². The van der Waals surface area contributed by atoms with E-state index in [4.69, 9.17) is 4.74 Å². The van der Waals surface area contributed by atoms with Crippen molar-refractivity contribution in [2.45, 2.75) is 0 Å². The molecule has 0 saturated heterocycles. The highest BCUT2D eigenvalue weighted by atomic mass is 79.9. The molecular weight excluding hydrogens is 300 g/mol. The largest absolute Gasteiger partial charge is 0.497 e. The van der Waals surface area contributed by atoms with Crippen molar-refractivity contribution in [2.24, 2.45) is 0 Å². The molecule has 0 aliphatic rings. The smallest absolute Gasteiger partial charge is 0.174 e. The third-order valence-electron chi connectivity index (χ3n) is 1.60. The second kappa shape index (κ2) is 4.77. The molecule has 4 heteroatoms. The summed E-state index contributed by atoms with van der Waals surface area (Å²) in [6.45, 7) is 0. The number of halogens is 2. The van der Waals surface area contributed by atoms with E-state index in [-0.39, 0.29) is 5.78 Å². The van der Waals surface area contributed by atoms with Gasteiger partial charge in [0.2, 0.25) is 0 Å². The van der Waals surface area contributed by atoms with Gasteiger partial charge in [0.1, 0.15) is 5.75 Å². The molecule has 2 nitrogen and oxygen atoms in total. The molecule has 0 aliphatic carbocycles. The van der Waals surface area contributed by atoms with Crippen LogP contribution in [0, 0.1) is 0 Å². The Balaban J connectivity index is 3.05. The highest BCUT2D eigenvalue weighted by molar-refractivity contribution is 9.10. The van der Waals surface area contributed by atoms with Gasteiger partial charge in [-0.15, -0.1) is 0 Å². The van der Waals surface area contributed by atoms with Gasteiger partial charge in [0, 0.05) is 10.0 Å². The van der Waals surface area contributed by atoms with Crippen LogP contribution in [0.15, 0.2) is 22.7 Å². The molecule has 0 amide bonds. The molecule has 0 aromatic heterocycles. The second-order valence-electron chi connectivity index (χ2n) is 2.40. The van der Waals surface area contributed by atoms with Crippen molar-refractivity contribution in [3.8, 4) is 5.75 Å². The van der Waals surface area contributed by atoms with E-state index in [2.05, 4.69) is 31.9 Å². The van der Waals surface area contributed by atoms with E-state index >= 15 is 0 Å². The maximum absolute atomic E-state index is 11.3. The molecule has 0 fully saturated rings. The topological polar surface area (TPSA) is 26.3 Å². The number of Topliss-reactive ketones (excluding diaryl/α,β-unsaturated/α-hetero) is 1. The van der Waals surface area contributed by atoms with E-state index in [9.17, 15) is 4.79 Å². The molecule has 1 aromatic rings. The molecule has 0 aliphatic heterocycles. The first-order chi connectivity index (χ1) is 6.19. The van der Waals surface area contributed by atoms with Gasteiger partial charge < -0.3 is 4.74 Å². The van der Waals surface area contributed by atoms with Crippen LogP contribution in [-0.2, 0) is 0 Å². The van der Waals surface area contributed by atoms with Crippen molar-refractivity contribution in [1.82, 2.24) is 0 Å². The molecule has 0 saturated carbocycles. The van der Waals surface area contributed by atoms with Gasteiger partial charge in [0.25, 0.3) is 0 Å². The van der Waals surface area contributed by atoms with Crippen LogP contribution in [0.3, 0.4) is 0 Å². The molecular formula is C9H8Br2O2. The van der Waals surface area contributed by atoms with E-state index in [0.717, 1.165) is 10.2 Å². The number of rotatable bonds is 3. The standard InChI is InChI=1S/C9H8Br2O2/c1-13-6-2-3-7(8(11)4-6)9(12)5-10/h2-4H,5H2,1H3. The van der Waals surface area contributed by atoms with E-state index in [1.807, 2.05) is 0 Å². The van der Waals surface area contributed by atoms with Crippen LogP contribution >= 0.6 is 31.9 Å². The van der Waals surface area contributed by atoms with Crippen molar-refractivity contribution in [3.05, 3.63) is 28.2 Å². The molecule has 1 aromatic carbocycles. The Morgan fingerprint density at radius 1 is 1.54 bits per heavy atom. The van der Waals surface area contributed by atoms with E-state index in [0.29, 0.717) is 10.9 Å². The van der Waals surface area contributed by atoms with E-state index in [1.165, 1.54) is 0 Å². The number of alkyl halides is 1. The number of hydrogen-bond donors (Lipinski definition) is 0. The fraction of sp³-hybridized carbons (Fsp3) is 0.222. The second-order valence-corrected chi connectivity index (χ2v) is 3.82. The summed E-state index contributed by atoms with van der Waals surface area (Å²) < 4.78 is 5.77. The Labute approximate surface area is 93.5 Å². The first-order valence-corrected chi connectivity index (χ1v) is 5.53. The highest BCUT2D eigenvalue weighted by Gasteiger charge is 2.08. The summed E-state index contributed by atoms with van der Waals surface area (Å²) in [5.74, 6) is 0.785. The lowest BCUT2D eigenvalue weighted by Gasteiger charge is -2.03. The van der Waals surface area contributed by atoms with Crippen molar-refractivity contribution in [1.29, 1.82) is 0 Å². The number of methoxy groups -OCH3 is 1. The lowest BCUT2D eigenvalue weighted by Crippen LogP contribution is -2.00. The van der Waals surface area contributed by atoms with Crippen LogP contribution < -0.4 is 4.74 Å². The summed E-state index contributed by atoms with van der Waals surface area (Å²) >= 11 is 6.43. The molecule has 0 spiro atoms. The summed E-state index contributed by atoms with van der Waals surface area (Å²) in [6, 6.07) is 5.28. The first-order valence-electron chi connectivity index (χ1n) is 3.61. The number of benzene rings is 1. The summed E-state index contributed by atoms with van der Waals surface area (Å²) in [7, 11) is 1.59. The number of ketones is 1. The number of ether oxygens (including phenoxy) is 1. The summed E-state index contributed by atoms with van der Waals surface area (Å²) in [5.41, 5.74) is 0.665. The summed E-state index contributed by atoms with van der Waals surface area (Å²) in [6.07, 6.45) is 0. The quantitative estimate of drug-likeness (QED) is 0.634. The zero-order valence-electron chi connectivity index (χ0n) is 7.01. The fourth-order valence-corrected chi connectivity index (χ4v) is 1.80. The zero-order valence-corrected chi connectivity index (χ0v) is 10.2. The Hall–Kier alpha value is -0.350. The minimum atomic E-state index is 0.0505. The molecule has 0 radical (unpaired) electrons.